The molecule has 2 nitrogen and oxygen atoms in total. The zero-order valence-corrected chi connectivity index (χ0v) is 14.8. The van der Waals surface area contributed by atoms with Gasteiger partial charge in [0.2, 0.25) is 0 Å². The Morgan fingerprint density at radius 2 is 1.77 bits per heavy atom. The summed E-state index contributed by atoms with van der Waals surface area (Å²) in [5, 5.41) is 8.90. The average molecular weight is 333 g/mol. The second kappa shape index (κ2) is 8.13. The molecule has 0 saturated heterocycles. The number of halogens is 4. The van der Waals surface area contributed by atoms with Gasteiger partial charge in [0.15, 0.2) is 0 Å². The van der Waals surface area contributed by atoms with Gasteiger partial charge in [0.05, 0.1) is 17.4 Å². The SMILES string of the molecule is N#Cc1ccccc1COc1cc(F)ccc1[B-](F)(F)F.[K+]. The van der Waals surface area contributed by atoms with E-state index in [1.54, 1.807) is 18.2 Å². The van der Waals surface area contributed by atoms with Crippen LogP contribution in [0.1, 0.15) is 11.1 Å². The Balaban J connectivity index is 0.00000242. The van der Waals surface area contributed by atoms with Crippen LogP contribution in [-0.2, 0) is 6.61 Å². The van der Waals surface area contributed by atoms with Gasteiger partial charge in [-0.15, -0.1) is 0 Å². The molecule has 8 heteroatoms. The largest absolute Gasteiger partial charge is 1.00 e. The Morgan fingerprint density at radius 3 is 2.41 bits per heavy atom. The van der Waals surface area contributed by atoms with Gasteiger partial charge in [-0.3, -0.25) is 0 Å². The van der Waals surface area contributed by atoms with Crippen LogP contribution in [-0.4, -0.2) is 6.98 Å². The molecule has 0 fully saturated rings. The van der Waals surface area contributed by atoms with Gasteiger partial charge in [0.25, 0.3) is 0 Å². The Bertz CT molecular complexity index is 700. The van der Waals surface area contributed by atoms with Crippen molar-refractivity contribution in [3.63, 3.8) is 0 Å². The van der Waals surface area contributed by atoms with Crippen molar-refractivity contribution < 1.29 is 73.5 Å². The molecule has 2 aromatic carbocycles. The molecule has 0 unspecified atom stereocenters. The zero-order chi connectivity index (χ0) is 15.5. The minimum absolute atomic E-state index is 0. The molecule has 2 aromatic rings. The zero-order valence-electron chi connectivity index (χ0n) is 11.7. The number of rotatable bonds is 4. The predicted molar refractivity (Wildman–Crippen MR) is 70.6 cm³/mol. The molecule has 2 rings (SSSR count). The van der Waals surface area contributed by atoms with E-state index in [4.69, 9.17) is 10.00 Å². The predicted octanol–water partition coefficient (Wildman–Crippen LogP) is 0.335. The first-order chi connectivity index (χ1) is 9.91. The van der Waals surface area contributed by atoms with Gasteiger partial charge in [-0.1, -0.05) is 29.7 Å². The second-order valence-corrected chi connectivity index (χ2v) is 4.31. The number of hydrogen-bond acceptors (Lipinski definition) is 2. The van der Waals surface area contributed by atoms with Gasteiger partial charge >= 0.3 is 58.4 Å². The maximum absolute atomic E-state index is 13.1. The first-order valence-electron chi connectivity index (χ1n) is 6.02. The third-order valence-corrected chi connectivity index (χ3v) is 2.85. The van der Waals surface area contributed by atoms with Crippen LogP contribution in [0, 0.1) is 17.1 Å². The topological polar surface area (TPSA) is 33.0 Å². The first kappa shape index (κ1) is 19.2. The summed E-state index contributed by atoms with van der Waals surface area (Å²) in [6.45, 7) is -5.55. The summed E-state index contributed by atoms with van der Waals surface area (Å²) in [7, 11) is 0. The van der Waals surface area contributed by atoms with Crippen molar-refractivity contribution in [1.82, 2.24) is 0 Å². The van der Waals surface area contributed by atoms with Gasteiger partial charge in [-0.2, -0.15) is 5.26 Å². The Labute approximate surface area is 167 Å². The van der Waals surface area contributed by atoms with Crippen molar-refractivity contribution in [2.75, 3.05) is 0 Å². The summed E-state index contributed by atoms with van der Waals surface area (Å²) in [6.07, 6.45) is 0. The second-order valence-electron chi connectivity index (χ2n) is 4.31. The van der Waals surface area contributed by atoms with Crippen LogP contribution in [0.5, 0.6) is 5.75 Å². The minimum atomic E-state index is -5.31. The summed E-state index contributed by atoms with van der Waals surface area (Å²) in [5.41, 5.74) is -0.260. The Morgan fingerprint density at radius 1 is 1.09 bits per heavy atom. The van der Waals surface area contributed by atoms with E-state index in [1.165, 1.54) is 6.07 Å². The van der Waals surface area contributed by atoms with Crippen LogP contribution in [0.2, 0.25) is 0 Å². The van der Waals surface area contributed by atoms with Crippen molar-refractivity contribution in [2.45, 2.75) is 6.61 Å². The minimum Gasteiger partial charge on any atom is -0.492 e. The van der Waals surface area contributed by atoms with Crippen LogP contribution >= 0.6 is 0 Å². The van der Waals surface area contributed by atoms with Crippen molar-refractivity contribution in [3.8, 4) is 11.8 Å². The quantitative estimate of drug-likeness (QED) is 0.597. The van der Waals surface area contributed by atoms with Crippen LogP contribution in [0.4, 0.5) is 17.3 Å². The molecule has 0 atom stereocenters. The Kier molecular flexibility index (Phi) is 7.09. The molecule has 0 aromatic heterocycles. The summed E-state index contributed by atoms with van der Waals surface area (Å²) >= 11 is 0. The van der Waals surface area contributed by atoms with E-state index in [2.05, 4.69) is 0 Å². The molecule has 0 radical (unpaired) electrons. The van der Waals surface area contributed by atoms with Crippen LogP contribution in [0.25, 0.3) is 0 Å². The maximum atomic E-state index is 13.1. The van der Waals surface area contributed by atoms with E-state index in [1.807, 2.05) is 6.07 Å². The molecule has 0 aliphatic carbocycles. The van der Waals surface area contributed by atoms with Crippen molar-refractivity contribution in [1.29, 1.82) is 5.26 Å². The van der Waals surface area contributed by atoms with Gasteiger partial charge < -0.3 is 17.7 Å². The van der Waals surface area contributed by atoms with Gasteiger partial charge in [0.1, 0.15) is 12.4 Å². The van der Waals surface area contributed by atoms with Crippen LogP contribution < -0.4 is 61.6 Å². The van der Waals surface area contributed by atoms with Gasteiger partial charge in [-0.25, -0.2) is 4.39 Å². The number of benzene rings is 2. The maximum Gasteiger partial charge on any atom is 1.00 e. The fourth-order valence-electron chi connectivity index (χ4n) is 1.81. The van der Waals surface area contributed by atoms with E-state index in [0.29, 0.717) is 23.3 Å². The number of hydrogen-bond donors (Lipinski definition) is 0. The molecular formula is C14H9BF4KNO. The third kappa shape index (κ3) is 4.83. The average Bonchev–Trinajstić information content (AvgIpc) is 2.44. The van der Waals surface area contributed by atoms with Crippen molar-refractivity contribution in [2.24, 2.45) is 0 Å². The Hall–Kier alpha value is -0.849. The molecule has 108 valence electrons. The fourth-order valence-corrected chi connectivity index (χ4v) is 1.81. The van der Waals surface area contributed by atoms with Crippen molar-refractivity contribution in [3.05, 3.63) is 59.4 Å². The molecule has 0 amide bonds. The fraction of sp³-hybridized carbons (Fsp3) is 0.0714. The summed E-state index contributed by atoms with van der Waals surface area (Å²) in [4.78, 5) is 0. The van der Waals surface area contributed by atoms with Gasteiger partial charge in [-0.05, 0) is 12.1 Å². The molecule has 0 bridgehead atoms. The van der Waals surface area contributed by atoms with Crippen molar-refractivity contribution >= 4 is 12.4 Å². The molecule has 0 aliphatic heterocycles. The van der Waals surface area contributed by atoms with E-state index in [9.17, 15) is 17.3 Å². The number of nitriles is 1. The molecule has 0 N–H and O–H groups in total. The summed E-state index contributed by atoms with van der Waals surface area (Å²) in [6, 6.07) is 10.4. The molecule has 22 heavy (non-hydrogen) atoms. The standard InChI is InChI=1S/C14H9BF4NO.K/c16-12-5-6-13(15(17,18)19)14(7-12)21-9-11-4-2-1-3-10(11)8-20;/h1-7H,9H2;/q-1;+1. The number of ether oxygens (including phenoxy) is 1. The number of nitrogens with zero attached hydrogens (tertiary/aromatic N) is 1. The normalized spacial score (nSPS) is 10.5. The van der Waals surface area contributed by atoms with E-state index in [0.717, 1.165) is 6.07 Å². The van der Waals surface area contributed by atoms with E-state index < -0.39 is 24.0 Å². The summed E-state index contributed by atoms with van der Waals surface area (Å²) < 4.78 is 56.8. The van der Waals surface area contributed by atoms with Gasteiger partial charge in [0, 0.05) is 11.6 Å². The monoisotopic (exact) mass is 333 g/mol. The molecule has 0 saturated carbocycles. The molecular weight excluding hydrogens is 324 g/mol. The molecule has 0 spiro atoms. The third-order valence-electron chi connectivity index (χ3n) is 2.85. The smallest absolute Gasteiger partial charge is 0.492 e. The summed E-state index contributed by atoms with van der Waals surface area (Å²) in [5.74, 6) is -1.39. The van der Waals surface area contributed by atoms with Crippen LogP contribution in [0.15, 0.2) is 42.5 Å². The molecule has 0 aliphatic rings. The van der Waals surface area contributed by atoms with E-state index in [-0.39, 0.29) is 58.0 Å². The van der Waals surface area contributed by atoms with E-state index >= 15 is 0 Å². The molecule has 0 heterocycles. The first-order valence-corrected chi connectivity index (χ1v) is 6.02. The van der Waals surface area contributed by atoms with Crippen LogP contribution in [0.3, 0.4) is 0 Å².